The Balaban J connectivity index is 1.71. The van der Waals surface area contributed by atoms with Crippen LogP contribution in [0.25, 0.3) is 0 Å². The molecule has 0 aliphatic carbocycles. The number of methoxy groups -OCH3 is 1. The van der Waals surface area contributed by atoms with Crippen molar-refractivity contribution in [2.24, 2.45) is 0 Å². The first kappa shape index (κ1) is 20.8. The summed E-state index contributed by atoms with van der Waals surface area (Å²) in [6.45, 7) is 0.0235. The van der Waals surface area contributed by atoms with E-state index in [4.69, 9.17) is 20.8 Å². The molecule has 3 aromatic rings. The smallest absolute Gasteiger partial charge is 0.341 e. The average Bonchev–Trinajstić information content (AvgIpc) is 3.20. The van der Waals surface area contributed by atoms with Crippen LogP contribution in [-0.4, -0.2) is 28.5 Å². The summed E-state index contributed by atoms with van der Waals surface area (Å²) in [5, 5.41) is 0.458. The number of esters is 1. The molecule has 0 N–H and O–H groups in total. The number of hydrogen-bond acceptors (Lipinski definition) is 6. The Kier molecular flexibility index (Phi) is 6.14. The highest BCUT2D eigenvalue weighted by molar-refractivity contribution is 7.92. The SMILES string of the molecule is COC(=O)c1ccoc1COc1ccc(N(C)S(=O)(=O)c2ccc(Cl)cc2)cc1. The largest absolute Gasteiger partial charge is 0.486 e. The molecule has 1 aromatic heterocycles. The zero-order chi connectivity index (χ0) is 21.0. The standard InChI is InChI=1S/C20H18ClNO6S/c1-22(29(24,25)17-9-3-14(21)4-10-17)15-5-7-16(8-6-15)28-13-19-18(11-12-27-19)20(23)26-2/h3-12H,13H2,1-2H3. The molecule has 0 bridgehead atoms. The lowest BCUT2D eigenvalue weighted by Gasteiger charge is -2.20. The van der Waals surface area contributed by atoms with Gasteiger partial charge in [0.25, 0.3) is 10.0 Å². The molecule has 0 atom stereocenters. The highest BCUT2D eigenvalue weighted by Crippen LogP contribution is 2.26. The third kappa shape index (κ3) is 4.55. The molecule has 152 valence electrons. The molecule has 29 heavy (non-hydrogen) atoms. The van der Waals surface area contributed by atoms with Crippen molar-refractivity contribution in [2.75, 3.05) is 18.5 Å². The van der Waals surface area contributed by atoms with E-state index in [9.17, 15) is 13.2 Å². The Hall–Kier alpha value is -2.97. The molecular weight excluding hydrogens is 418 g/mol. The van der Waals surface area contributed by atoms with Crippen molar-refractivity contribution in [3.05, 3.63) is 77.2 Å². The van der Waals surface area contributed by atoms with Crippen LogP contribution >= 0.6 is 11.6 Å². The summed E-state index contributed by atoms with van der Waals surface area (Å²) in [4.78, 5) is 11.8. The van der Waals surface area contributed by atoms with Crippen molar-refractivity contribution in [1.29, 1.82) is 0 Å². The maximum atomic E-state index is 12.7. The van der Waals surface area contributed by atoms with Gasteiger partial charge in [-0.1, -0.05) is 11.6 Å². The number of sulfonamides is 1. The number of benzene rings is 2. The van der Waals surface area contributed by atoms with E-state index >= 15 is 0 Å². The molecule has 0 amide bonds. The van der Waals surface area contributed by atoms with Gasteiger partial charge in [0, 0.05) is 12.1 Å². The number of halogens is 1. The second kappa shape index (κ2) is 8.59. The molecule has 9 heteroatoms. The van der Waals surface area contributed by atoms with E-state index in [1.807, 2.05) is 0 Å². The van der Waals surface area contributed by atoms with Crippen LogP contribution in [0, 0.1) is 0 Å². The highest BCUT2D eigenvalue weighted by Gasteiger charge is 2.21. The molecule has 0 fully saturated rings. The fraction of sp³-hybridized carbons (Fsp3) is 0.150. The normalized spacial score (nSPS) is 11.1. The van der Waals surface area contributed by atoms with Crippen LogP contribution in [0.1, 0.15) is 16.1 Å². The summed E-state index contributed by atoms with van der Waals surface area (Å²) in [6.07, 6.45) is 1.38. The van der Waals surface area contributed by atoms with Crippen LogP contribution < -0.4 is 9.04 Å². The fourth-order valence-electron chi connectivity index (χ4n) is 2.55. The van der Waals surface area contributed by atoms with Crippen molar-refractivity contribution in [1.82, 2.24) is 0 Å². The van der Waals surface area contributed by atoms with Crippen LogP contribution in [-0.2, 0) is 21.4 Å². The zero-order valence-corrected chi connectivity index (χ0v) is 17.2. The van der Waals surface area contributed by atoms with Gasteiger partial charge in [0.15, 0.2) is 5.76 Å². The van der Waals surface area contributed by atoms with Gasteiger partial charge < -0.3 is 13.9 Å². The summed E-state index contributed by atoms with van der Waals surface area (Å²) < 4.78 is 42.2. The van der Waals surface area contributed by atoms with Crippen molar-refractivity contribution >= 4 is 33.3 Å². The van der Waals surface area contributed by atoms with Gasteiger partial charge in [-0.15, -0.1) is 0 Å². The van der Waals surface area contributed by atoms with E-state index in [2.05, 4.69) is 4.74 Å². The lowest BCUT2D eigenvalue weighted by molar-refractivity contribution is 0.0595. The first-order chi connectivity index (χ1) is 13.8. The minimum absolute atomic E-state index is 0.0235. The van der Waals surface area contributed by atoms with E-state index in [0.29, 0.717) is 22.2 Å². The monoisotopic (exact) mass is 435 g/mol. The average molecular weight is 436 g/mol. The number of anilines is 1. The first-order valence-electron chi connectivity index (χ1n) is 8.45. The predicted octanol–water partition coefficient (Wildman–Crippen LogP) is 4.12. The quantitative estimate of drug-likeness (QED) is 0.519. The zero-order valence-electron chi connectivity index (χ0n) is 15.7. The summed E-state index contributed by atoms with van der Waals surface area (Å²) in [7, 11) is -0.971. The Morgan fingerprint density at radius 1 is 1.07 bits per heavy atom. The van der Waals surface area contributed by atoms with Gasteiger partial charge in [0.05, 0.1) is 24.0 Å². The topological polar surface area (TPSA) is 86.1 Å². The van der Waals surface area contributed by atoms with E-state index in [0.717, 1.165) is 0 Å². The molecule has 0 saturated carbocycles. The molecule has 3 rings (SSSR count). The molecule has 1 heterocycles. The third-order valence-electron chi connectivity index (χ3n) is 4.19. The van der Waals surface area contributed by atoms with Gasteiger partial charge >= 0.3 is 5.97 Å². The van der Waals surface area contributed by atoms with Crippen molar-refractivity contribution < 1.29 is 27.1 Å². The highest BCUT2D eigenvalue weighted by atomic mass is 35.5. The second-order valence-electron chi connectivity index (χ2n) is 5.96. The lowest BCUT2D eigenvalue weighted by Crippen LogP contribution is -2.26. The number of carbonyl (C=O) groups is 1. The number of rotatable bonds is 7. The molecule has 0 radical (unpaired) electrons. The number of ether oxygens (including phenoxy) is 2. The molecule has 0 unspecified atom stereocenters. The van der Waals surface area contributed by atoms with Crippen molar-refractivity contribution in [3.63, 3.8) is 0 Å². The van der Waals surface area contributed by atoms with Crippen molar-refractivity contribution in [2.45, 2.75) is 11.5 Å². The van der Waals surface area contributed by atoms with E-state index in [1.165, 1.54) is 55.1 Å². The summed E-state index contributed by atoms with van der Waals surface area (Å²) in [5.74, 6) is 0.309. The molecule has 0 aliphatic rings. The molecule has 0 saturated heterocycles. The lowest BCUT2D eigenvalue weighted by atomic mass is 10.2. The fourth-order valence-corrected chi connectivity index (χ4v) is 3.87. The number of hydrogen-bond donors (Lipinski definition) is 0. The summed E-state index contributed by atoms with van der Waals surface area (Å²) in [6, 6.07) is 13.9. The maximum absolute atomic E-state index is 12.7. The van der Waals surface area contributed by atoms with E-state index < -0.39 is 16.0 Å². The molecular formula is C20H18ClNO6S. The minimum atomic E-state index is -3.72. The van der Waals surface area contributed by atoms with Crippen LogP contribution in [0.5, 0.6) is 5.75 Å². The Morgan fingerprint density at radius 2 is 1.72 bits per heavy atom. The van der Waals surface area contributed by atoms with Gasteiger partial charge in [-0.25, -0.2) is 13.2 Å². The number of nitrogens with zero attached hydrogens (tertiary/aromatic N) is 1. The van der Waals surface area contributed by atoms with E-state index in [1.54, 1.807) is 24.3 Å². The first-order valence-corrected chi connectivity index (χ1v) is 10.3. The third-order valence-corrected chi connectivity index (χ3v) is 6.24. The van der Waals surface area contributed by atoms with Gasteiger partial charge in [-0.2, -0.15) is 0 Å². The van der Waals surface area contributed by atoms with Crippen LogP contribution in [0.4, 0.5) is 5.69 Å². The number of carbonyl (C=O) groups excluding carboxylic acids is 1. The molecule has 7 nitrogen and oxygen atoms in total. The summed E-state index contributed by atoms with van der Waals surface area (Å²) >= 11 is 5.82. The van der Waals surface area contributed by atoms with Gasteiger partial charge in [0.1, 0.15) is 17.9 Å². The predicted molar refractivity (Wildman–Crippen MR) is 108 cm³/mol. The van der Waals surface area contributed by atoms with Gasteiger partial charge in [-0.05, 0) is 54.6 Å². The van der Waals surface area contributed by atoms with Crippen LogP contribution in [0.15, 0.2) is 70.2 Å². The van der Waals surface area contributed by atoms with Gasteiger partial charge in [-0.3, -0.25) is 4.31 Å². The van der Waals surface area contributed by atoms with Crippen LogP contribution in [0.3, 0.4) is 0 Å². The molecule has 2 aromatic carbocycles. The molecule has 0 spiro atoms. The molecule has 0 aliphatic heterocycles. The Labute approximate surface area is 173 Å². The number of furan rings is 1. The van der Waals surface area contributed by atoms with E-state index in [-0.39, 0.29) is 17.1 Å². The Bertz CT molecular complexity index is 1090. The maximum Gasteiger partial charge on any atom is 0.341 e. The summed E-state index contributed by atoms with van der Waals surface area (Å²) in [5.41, 5.74) is 0.749. The Morgan fingerprint density at radius 3 is 2.34 bits per heavy atom. The minimum Gasteiger partial charge on any atom is -0.486 e. The van der Waals surface area contributed by atoms with Crippen molar-refractivity contribution in [3.8, 4) is 5.75 Å². The van der Waals surface area contributed by atoms with Crippen LogP contribution in [0.2, 0.25) is 5.02 Å². The van der Waals surface area contributed by atoms with Gasteiger partial charge in [0.2, 0.25) is 0 Å². The second-order valence-corrected chi connectivity index (χ2v) is 8.36.